The maximum Gasteiger partial charge on any atom is 0.247 e. The minimum Gasteiger partial charge on any atom is -0.355 e. The van der Waals surface area contributed by atoms with Gasteiger partial charge in [0.15, 0.2) is 0 Å². The predicted octanol–water partition coefficient (Wildman–Crippen LogP) is 3.37. The van der Waals surface area contributed by atoms with Crippen molar-refractivity contribution >= 4 is 5.91 Å². The van der Waals surface area contributed by atoms with E-state index in [0.29, 0.717) is 5.56 Å². The highest BCUT2D eigenvalue weighted by atomic mass is 19.1. The molecule has 1 aromatic rings. The van der Waals surface area contributed by atoms with Crippen LogP contribution >= 0.6 is 0 Å². The fraction of sp³-hybridized carbons (Fsp3) is 0.211. The quantitative estimate of drug-likeness (QED) is 0.833. The van der Waals surface area contributed by atoms with Crippen molar-refractivity contribution in [3.8, 4) is 11.8 Å². The first-order chi connectivity index (χ1) is 10.6. The molecule has 3 heteroatoms. The number of halogens is 1. The SMILES string of the molecule is CCC1C=CC(C#Cc2cccc(F)c2)=CC=C1C(=O)NC. The topological polar surface area (TPSA) is 29.1 Å². The zero-order chi connectivity index (χ0) is 15.9. The maximum atomic E-state index is 13.1. The third-order valence-electron chi connectivity index (χ3n) is 3.45. The molecule has 0 fully saturated rings. The van der Waals surface area contributed by atoms with E-state index < -0.39 is 0 Å². The Morgan fingerprint density at radius 1 is 1.32 bits per heavy atom. The van der Waals surface area contributed by atoms with Crippen molar-refractivity contribution in [3.63, 3.8) is 0 Å². The van der Waals surface area contributed by atoms with Gasteiger partial charge in [-0.05, 0) is 36.8 Å². The lowest BCUT2D eigenvalue weighted by Crippen LogP contribution is -2.23. The summed E-state index contributed by atoms with van der Waals surface area (Å²) in [4.78, 5) is 11.9. The van der Waals surface area contributed by atoms with E-state index in [2.05, 4.69) is 17.2 Å². The summed E-state index contributed by atoms with van der Waals surface area (Å²) in [5, 5.41) is 2.66. The van der Waals surface area contributed by atoms with Gasteiger partial charge in [0, 0.05) is 29.7 Å². The average molecular weight is 295 g/mol. The fourth-order valence-corrected chi connectivity index (χ4v) is 2.22. The van der Waals surface area contributed by atoms with Crippen LogP contribution in [0.3, 0.4) is 0 Å². The second-order valence-electron chi connectivity index (χ2n) is 4.96. The minimum atomic E-state index is -0.301. The number of carbonyl (C=O) groups excluding carboxylic acids is 1. The Labute approximate surface area is 130 Å². The van der Waals surface area contributed by atoms with Crippen molar-refractivity contribution < 1.29 is 9.18 Å². The first-order valence-corrected chi connectivity index (χ1v) is 7.23. The normalized spacial score (nSPS) is 16.8. The first-order valence-electron chi connectivity index (χ1n) is 7.23. The summed E-state index contributed by atoms with van der Waals surface area (Å²) in [6.45, 7) is 2.04. The second-order valence-corrected chi connectivity index (χ2v) is 4.96. The molecule has 2 rings (SSSR count). The molecule has 1 unspecified atom stereocenters. The molecule has 0 aliphatic heterocycles. The number of amides is 1. The van der Waals surface area contributed by atoms with Crippen LogP contribution in [-0.2, 0) is 4.79 Å². The standard InChI is InChI=1S/C19H18FNO/c1-3-16-11-9-14(10-12-18(16)19(22)21-2)7-8-15-5-4-6-17(20)13-15/h4-6,9-13,16H,3H2,1-2H3,(H,21,22). The summed E-state index contributed by atoms with van der Waals surface area (Å²) >= 11 is 0. The lowest BCUT2D eigenvalue weighted by molar-refractivity contribution is -0.117. The van der Waals surface area contributed by atoms with E-state index in [4.69, 9.17) is 0 Å². The van der Waals surface area contributed by atoms with Crippen LogP contribution in [0.25, 0.3) is 0 Å². The van der Waals surface area contributed by atoms with Crippen LogP contribution in [0.5, 0.6) is 0 Å². The Bertz CT molecular complexity index is 716. The van der Waals surface area contributed by atoms with Gasteiger partial charge in [0.05, 0.1) is 0 Å². The van der Waals surface area contributed by atoms with Gasteiger partial charge < -0.3 is 5.32 Å². The number of likely N-dealkylation sites (N-methyl/N-ethyl adjacent to an activating group) is 1. The van der Waals surface area contributed by atoms with E-state index in [1.807, 2.05) is 31.2 Å². The summed E-state index contributed by atoms with van der Waals surface area (Å²) in [5.41, 5.74) is 2.14. The van der Waals surface area contributed by atoms with Crippen molar-refractivity contribution in [3.05, 3.63) is 71.1 Å². The van der Waals surface area contributed by atoms with E-state index in [1.165, 1.54) is 12.1 Å². The Morgan fingerprint density at radius 3 is 2.82 bits per heavy atom. The van der Waals surface area contributed by atoms with E-state index in [0.717, 1.165) is 17.6 Å². The van der Waals surface area contributed by atoms with E-state index in [-0.39, 0.29) is 17.6 Å². The molecule has 112 valence electrons. The highest BCUT2D eigenvalue weighted by Crippen LogP contribution is 2.21. The monoisotopic (exact) mass is 295 g/mol. The molecular weight excluding hydrogens is 277 g/mol. The van der Waals surface area contributed by atoms with Gasteiger partial charge in [-0.2, -0.15) is 0 Å². The van der Waals surface area contributed by atoms with Gasteiger partial charge >= 0.3 is 0 Å². The molecule has 1 N–H and O–H groups in total. The van der Waals surface area contributed by atoms with E-state index in [9.17, 15) is 9.18 Å². The van der Waals surface area contributed by atoms with Crippen LogP contribution in [0.4, 0.5) is 4.39 Å². The molecule has 2 nitrogen and oxygen atoms in total. The van der Waals surface area contributed by atoms with Crippen LogP contribution < -0.4 is 5.32 Å². The Hall–Kier alpha value is -2.60. The van der Waals surface area contributed by atoms with Crippen molar-refractivity contribution in [2.75, 3.05) is 7.05 Å². The molecule has 0 heterocycles. The molecule has 22 heavy (non-hydrogen) atoms. The third-order valence-corrected chi connectivity index (χ3v) is 3.45. The summed E-state index contributed by atoms with van der Waals surface area (Å²) in [6, 6.07) is 6.18. The first kappa shape index (κ1) is 15.8. The predicted molar refractivity (Wildman–Crippen MR) is 86.4 cm³/mol. The summed E-state index contributed by atoms with van der Waals surface area (Å²) in [7, 11) is 1.62. The lowest BCUT2D eigenvalue weighted by Gasteiger charge is -2.12. The second kappa shape index (κ2) is 7.42. The number of hydrogen-bond acceptors (Lipinski definition) is 1. The number of nitrogens with one attached hydrogen (secondary N) is 1. The molecule has 1 amide bonds. The molecule has 0 saturated heterocycles. The van der Waals surface area contributed by atoms with Crippen LogP contribution in [0.2, 0.25) is 0 Å². The summed E-state index contributed by atoms with van der Waals surface area (Å²) < 4.78 is 13.1. The zero-order valence-electron chi connectivity index (χ0n) is 12.7. The third kappa shape index (κ3) is 3.95. The maximum absolute atomic E-state index is 13.1. The molecular formula is C19H18FNO. The lowest BCUT2D eigenvalue weighted by atomic mass is 9.95. The van der Waals surface area contributed by atoms with Crippen LogP contribution in [0.15, 0.2) is 59.7 Å². The highest BCUT2D eigenvalue weighted by molar-refractivity contribution is 5.94. The van der Waals surface area contributed by atoms with Gasteiger partial charge in [0.25, 0.3) is 0 Å². The molecule has 1 aromatic carbocycles. The number of rotatable bonds is 2. The average Bonchev–Trinajstić information content (AvgIpc) is 2.74. The van der Waals surface area contributed by atoms with Crippen molar-refractivity contribution in [2.24, 2.45) is 5.92 Å². The van der Waals surface area contributed by atoms with Gasteiger partial charge in [-0.15, -0.1) is 0 Å². The van der Waals surface area contributed by atoms with Gasteiger partial charge in [-0.3, -0.25) is 4.79 Å². The largest absolute Gasteiger partial charge is 0.355 e. The zero-order valence-corrected chi connectivity index (χ0v) is 12.7. The molecule has 1 atom stereocenters. The van der Waals surface area contributed by atoms with Gasteiger partial charge in [-0.25, -0.2) is 4.39 Å². The molecule has 1 aliphatic carbocycles. The summed E-state index contributed by atoms with van der Waals surface area (Å²) in [6.07, 6.45) is 8.37. The van der Waals surface area contributed by atoms with Crippen molar-refractivity contribution in [2.45, 2.75) is 13.3 Å². The minimum absolute atomic E-state index is 0.0738. The Morgan fingerprint density at radius 2 is 2.14 bits per heavy atom. The van der Waals surface area contributed by atoms with Crippen molar-refractivity contribution in [1.29, 1.82) is 0 Å². The molecule has 0 aromatic heterocycles. The van der Waals surface area contributed by atoms with Crippen LogP contribution in [-0.4, -0.2) is 13.0 Å². The highest BCUT2D eigenvalue weighted by Gasteiger charge is 2.16. The molecule has 0 spiro atoms. The number of allylic oxidation sites excluding steroid dienone is 5. The number of hydrogen-bond donors (Lipinski definition) is 1. The van der Waals surface area contributed by atoms with Crippen molar-refractivity contribution in [1.82, 2.24) is 5.32 Å². The van der Waals surface area contributed by atoms with E-state index in [1.54, 1.807) is 19.2 Å². The van der Waals surface area contributed by atoms with Crippen LogP contribution in [0.1, 0.15) is 18.9 Å². The Balaban J connectivity index is 2.28. The number of carbonyl (C=O) groups is 1. The van der Waals surface area contributed by atoms with Gasteiger partial charge in [-0.1, -0.05) is 37.0 Å². The fourth-order valence-electron chi connectivity index (χ4n) is 2.22. The molecule has 1 aliphatic rings. The van der Waals surface area contributed by atoms with Crippen LogP contribution in [0, 0.1) is 23.6 Å². The Kier molecular flexibility index (Phi) is 5.32. The number of benzene rings is 1. The van der Waals surface area contributed by atoms with E-state index >= 15 is 0 Å². The van der Waals surface area contributed by atoms with Gasteiger partial charge in [0.2, 0.25) is 5.91 Å². The molecule has 0 radical (unpaired) electrons. The molecule has 0 bridgehead atoms. The van der Waals surface area contributed by atoms with Gasteiger partial charge in [0.1, 0.15) is 5.82 Å². The molecule has 0 saturated carbocycles. The smallest absolute Gasteiger partial charge is 0.247 e. The summed E-state index contributed by atoms with van der Waals surface area (Å²) in [5.74, 6) is 5.64.